The molecule has 0 saturated carbocycles. The largest absolute Gasteiger partial charge is 0.481 e. The minimum absolute atomic E-state index is 0.153. The zero-order chi connectivity index (χ0) is 18.4. The number of benzene rings is 2. The van der Waals surface area contributed by atoms with Crippen LogP contribution in [0.15, 0.2) is 52.5 Å². The number of carboxylic acids is 1. The number of aliphatic carboxylic acids is 1. The van der Waals surface area contributed by atoms with Gasteiger partial charge in [-0.15, -0.1) is 0 Å². The third-order valence-corrected chi connectivity index (χ3v) is 4.64. The number of nitrogens with one attached hydrogen (secondary N) is 1. The number of aryl methyl sites for hydroxylation is 2. The molecule has 0 fully saturated rings. The first kappa shape index (κ1) is 18.5. The van der Waals surface area contributed by atoms with E-state index in [1.54, 1.807) is 50.2 Å². The van der Waals surface area contributed by atoms with E-state index in [0.29, 0.717) is 16.9 Å². The number of hydrazone groups is 1. The zero-order valence-corrected chi connectivity index (χ0v) is 14.6. The number of hydrogen-bond acceptors (Lipinski definition) is 5. The maximum absolute atomic E-state index is 12.4. The van der Waals surface area contributed by atoms with Gasteiger partial charge in [-0.2, -0.15) is 13.5 Å². The van der Waals surface area contributed by atoms with Crippen LogP contribution in [-0.4, -0.2) is 32.3 Å². The van der Waals surface area contributed by atoms with Gasteiger partial charge in [0.25, 0.3) is 10.0 Å². The normalized spacial score (nSPS) is 11.4. The van der Waals surface area contributed by atoms with Crippen LogP contribution in [0.4, 0.5) is 0 Å². The number of hydrogen-bond donors (Lipinski definition) is 2. The Morgan fingerprint density at radius 3 is 2.68 bits per heavy atom. The molecule has 0 bridgehead atoms. The van der Waals surface area contributed by atoms with Crippen molar-refractivity contribution >= 4 is 22.2 Å². The highest BCUT2D eigenvalue weighted by Gasteiger charge is 2.15. The fraction of sp³-hybridized carbons (Fsp3) is 0.176. The summed E-state index contributed by atoms with van der Waals surface area (Å²) in [5.41, 5.74) is 1.88. The van der Waals surface area contributed by atoms with Crippen LogP contribution in [0.1, 0.15) is 16.7 Å². The van der Waals surface area contributed by atoms with Gasteiger partial charge in [-0.25, -0.2) is 9.63 Å². The average molecular weight is 362 g/mol. The molecular formula is C17H18N2O5S. The summed E-state index contributed by atoms with van der Waals surface area (Å²) in [4.78, 5) is 12.9. The van der Waals surface area contributed by atoms with Crippen molar-refractivity contribution < 1.29 is 23.1 Å². The SMILES string of the molecule is Cc1ccc(C)c(S(=O)(=O)NN=Cc2ccccc2OCC(=O)O)c1. The second-order valence-electron chi connectivity index (χ2n) is 5.34. The summed E-state index contributed by atoms with van der Waals surface area (Å²) in [6, 6.07) is 11.7. The van der Waals surface area contributed by atoms with Crippen molar-refractivity contribution in [3.05, 3.63) is 59.2 Å². The lowest BCUT2D eigenvalue weighted by atomic mass is 10.2. The lowest BCUT2D eigenvalue weighted by molar-refractivity contribution is -0.139. The molecule has 0 saturated heterocycles. The van der Waals surface area contributed by atoms with Crippen molar-refractivity contribution in [3.8, 4) is 5.75 Å². The third-order valence-electron chi connectivity index (χ3n) is 3.28. The molecule has 7 nitrogen and oxygen atoms in total. The average Bonchev–Trinajstić information content (AvgIpc) is 2.56. The smallest absolute Gasteiger partial charge is 0.341 e. The maximum atomic E-state index is 12.4. The van der Waals surface area contributed by atoms with Gasteiger partial charge < -0.3 is 9.84 Å². The molecule has 2 aromatic carbocycles. The number of rotatable bonds is 7. The van der Waals surface area contributed by atoms with E-state index in [1.807, 2.05) is 6.07 Å². The Morgan fingerprint density at radius 2 is 1.96 bits per heavy atom. The second kappa shape index (κ2) is 7.80. The lowest BCUT2D eigenvalue weighted by Crippen LogP contribution is -2.19. The van der Waals surface area contributed by atoms with E-state index in [1.165, 1.54) is 6.21 Å². The van der Waals surface area contributed by atoms with E-state index in [9.17, 15) is 13.2 Å². The van der Waals surface area contributed by atoms with Crippen molar-refractivity contribution in [3.63, 3.8) is 0 Å². The molecule has 0 aliphatic heterocycles. The van der Waals surface area contributed by atoms with E-state index >= 15 is 0 Å². The molecule has 0 radical (unpaired) electrons. The maximum Gasteiger partial charge on any atom is 0.341 e. The van der Waals surface area contributed by atoms with Gasteiger partial charge in [-0.3, -0.25) is 0 Å². The van der Waals surface area contributed by atoms with Gasteiger partial charge in [0, 0.05) is 5.56 Å². The summed E-state index contributed by atoms with van der Waals surface area (Å²) < 4.78 is 29.9. The molecule has 0 aliphatic carbocycles. The Bertz CT molecular complexity index is 907. The van der Waals surface area contributed by atoms with Crippen molar-refractivity contribution in [1.82, 2.24) is 4.83 Å². The number of ether oxygens (including phenoxy) is 1. The molecule has 2 rings (SSSR count). The van der Waals surface area contributed by atoms with E-state index in [0.717, 1.165) is 5.56 Å². The number of para-hydroxylation sites is 1. The van der Waals surface area contributed by atoms with Crippen LogP contribution in [0.25, 0.3) is 0 Å². The molecule has 0 aromatic heterocycles. The molecule has 0 heterocycles. The number of carbonyl (C=O) groups is 1. The van der Waals surface area contributed by atoms with Crippen LogP contribution < -0.4 is 9.57 Å². The van der Waals surface area contributed by atoms with Crippen molar-refractivity contribution in [2.45, 2.75) is 18.7 Å². The summed E-state index contributed by atoms with van der Waals surface area (Å²) >= 11 is 0. The fourth-order valence-electron chi connectivity index (χ4n) is 2.07. The summed E-state index contributed by atoms with van der Waals surface area (Å²) in [6.07, 6.45) is 1.26. The van der Waals surface area contributed by atoms with E-state index in [2.05, 4.69) is 9.93 Å². The highest BCUT2D eigenvalue weighted by Crippen LogP contribution is 2.17. The van der Waals surface area contributed by atoms with Crippen molar-refractivity contribution in [1.29, 1.82) is 0 Å². The molecule has 0 aliphatic rings. The molecular weight excluding hydrogens is 344 g/mol. The Balaban J connectivity index is 2.18. The first-order valence-electron chi connectivity index (χ1n) is 7.35. The van der Waals surface area contributed by atoms with Gasteiger partial charge in [0.1, 0.15) is 5.75 Å². The van der Waals surface area contributed by atoms with Crippen LogP contribution in [0, 0.1) is 13.8 Å². The first-order valence-corrected chi connectivity index (χ1v) is 8.83. The second-order valence-corrected chi connectivity index (χ2v) is 6.97. The molecule has 132 valence electrons. The summed E-state index contributed by atoms with van der Waals surface area (Å²) in [7, 11) is -3.81. The lowest BCUT2D eigenvalue weighted by Gasteiger charge is -2.08. The highest BCUT2D eigenvalue weighted by atomic mass is 32.2. The molecule has 0 atom stereocenters. The molecule has 0 amide bonds. The number of carboxylic acid groups (broad SMARTS) is 1. The standard InChI is InChI=1S/C17H18N2O5S/c1-12-7-8-13(2)16(9-12)25(22,23)19-18-10-14-5-3-4-6-15(14)24-11-17(20)21/h3-10,19H,11H2,1-2H3,(H,20,21). The van der Waals surface area contributed by atoms with Gasteiger partial charge in [0.15, 0.2) is 6.61 Å². The highest BCUT2D eigenvalue weighted by molar-refractivity contribution is 7.89. The molecule has 0 unspecified atom stereocenters. The van der Waals surface area contributed by atoms with Gasteiger partial charge in [-0.05, 0) is 43.2 Å². The van der Waals surface area contributed by atoms with Gasteiger partial charge in [-0.1, -0.05) is 24.3 Å². The quantitative estimate of drug-likeness (QED) is 0.579. The van der Waals surface area contributed by atoms with Crippen LogP contribution in [-0.2, 0) is 14.8 Å². The van der Waals surface area contributed by atoms with Crippen LogP contribution in [0.2, 0.25) is 0 Å². The van der Waals surface area contributed by atoms with Crippen molar-refractivity contribution in [2.24, 2.45) is 5.10 Å². The third kappa shape index (κ3) is 5.05. The summed E-state index contributed by atoms with van der Waals surface area (Å²) in [6.45, 7) is 3.00. The van der Waals surface area contributed by atoms with Gasteiger partial charge >= 0.3 is 5.97 Å². The predicted molar refractivity (Wildman–Crippen MR) is 93.4 cm³/mol. The van der Waals surface area contributed by atoms with E-state index in [4.69, 9.17) is 9.84 Å². The summed E-state index contributed by atoms with van der Waals surface area (Å²) in [5.74, 6) is -0.818. The Morgan fingerprint density at radius 1 is 1.24 bits per heavy atom. The molecule has 0 spiro atoms. The Hall–Kier alpha value is -2.87. The van der Waals surface area contributed by atoms with E-state index < -0.39 is 22.6 Å². The Kier molecular flexibility index (Phi) is 5.76. The number of nitrogens with zero attached hydrogens (tertiary/aromatic N) is 1. The minimum Gasteiger partial charge on any atom is -0.481 e. The first-order chi connectivity index (χ1) is 11.8. The topological polar surface area (TPSA) is 105 Å². The molecule has 2 aromatic rings. The minimum atomic E-state index is -3.81. The number of sulfonamides is 1. The monoisotopic (exact) mass is 362 g/mol. The molecule has 8 heteroatoms. The predicted octanol–water partition coefficient (Wildman–Crippen LogP) is 2.08. The van der Waals surface area contributed by atoms with Gasteiger partial charge in [0.05, 0.1) is 11.1 Å². The molecule has 25 heavy (non-hydrogen) atoms. The van der Waals surface area contributed by atoms with Crippen LogP contribution in [0.5, 0.6) is 5.75 Å². The Labute approximate surface area is 146 Å². The molecule has 2 N–H and O–H groups in total. The van der Waals surface area contributed by atoms with Crippen molar-refractivity contribution in [2.75, 3.05) is 6.61 Å². The fourth-order valence-corrected chi connectivity index (χ4v) is 3.19. The van der Waals surface area contributed by atoms with Crippen LogP contribution >= 0.6 is 0 Å². The summed E-state index contributed by atoms with van der Waals surface area (Å²) in [5, 5.41) is 12.4. The van der Waals surface area contributed by atoms with Crippen LogP contribution in [0.3, 0.4) is 0 Å². The zero-order valence-electron chi connectivity index (χ0n) is 13.8. The van der Waals surface area contributed by atoms with E-state index in [-0.39, 0.29) is 4.90 Å². The van der Waals surface area contributed by atoms with Gasteiger partial charge in [0.2, 0.25) is 0 Å².